The van der Waals surface area contributed by atoms with E-state index < -0.39 is 0 Å². The molecule has 1 aliphatic carbocycles. The average Bonchev–Trinajstić information content (AvgIpc) is 3.51. The van der Waals surface area contributed by atoms with E-state index in [4.69, 9.17) is 0 Å². The van der Waals surface area contributed by atoms with E-state index >= 15 is 0 Å². The minimum absolute atomic E-state index is 0.0728. The molecule has 1 fully saturated rings. The Hall–Kier alpha value is -3.72. The van der Waals surface area contributed by atoms with Crippen LogP contribution in [-0.4, -0.2) is 44.8 Å². The lowest BCUT2D eigenvalue weighted by Gasteiger charge is -2.12. The smallest absolute Gasteiger partial charge is 0.293 e. The van der Waals surface area contributed by atoms with Crippen LogP contribution in [0.15, 0.2) is 59.5 Å². The van der Waals surface area contributed by atoms with Crippen LogP contribution in [0.5, 0.6) is 0 Å². The monoisotopic (exact) mass is 476 g/mol. The predicted octanol–water partition coefficient (Wildman–Crippen LogP) is 3.97. The van der Waals surface area contributed by atoms with Gasteiger partial charge in [-0.2, -0.15) is 5.10 Å². The maximum Gasteiger partial charge on any atom is 0.293 e. The van der Waals surface area contributed by atoms with Crippen molar-refractivity contribution in [1.82, 2.24) is 20.0 Å². The van der Waals surface area contributed by atoms with E-state index in [0.717, 1.165) is 52.7 Å². The highest BCUT2D eigenvalue weighted by molar-refractivity contribution is 8.18. The molecule has 172 valence electrons. The fourth-order valence-corrected chi connectivity index (χ4v) is 5.04. The van der Waals surface area contributed by atoms with Crippen molar-refractivity contribution in [3.8, 4) is 5.69 Å². The van der Waals surface area contributed by atoms with Crippen LogP contribution in [0, 0.1) is 5.82 Å². The van der Waals surface area contributed by atoms with Crippen LogP contribution in [0.1, 0.15) is 33.7 Å². The van der Waals surface area contributed by atoms with E-state index in [1.54, 1.807) is 22.9 Å². The summed E-state index contributed by atoms with van der Waals surface area (Å²) in [7, 11) is 0. The van der Waals surface area contributed by atoms with Crippen LogP contribution >= 0.6 is 11.8 Å². The highest BCUT2D eigenvalue weighted by atomic mass is 32.2. The number of aromatic nitrogens is 2. The van der Waals surface area contributed by atoms with Crippen molar-refractivity contribution in [2.24, 2.45) is 0 Å². The quantitative estimate of drug-likeness (QED) is 0.545. The number of fused-ring (bicyclic) bond motifs is 1. The molecule has 2 heterocycles. The number of nitrogens with zero attached hydrogens (tertiary/aromatic N) is 3. The molecule has 9 heteroatoms. The number of carbonyl (C=O) groups excluding carboxylic acids is 3. The van der Waals surface area contributed by atoms with E-state index in [-0.39, 0.29) is 36.0 Å². The number of halogens is 1. The van der Waals surface area contributed by atoms with Crippen molar-refractivity contribution in [2.75, 3.05) is 13.1 Å². The Kier molecular flexibility index (Phi) is 6.02. The molecule has 34 heavy (non-hydrogen) atoms. The van der Waals surface area contributed by atoms with Crippen molar-refractivity contribution in [1.29, 1.82) is 0 Å². The number of carbonyl (C=O) groups is 3. The minimum Gasteiger partial charge on any atom is -0.349 e. The molecule has 0 saturated carbocycles. The predicted molar refractivity (Wildman–Crippen MR) is 127 cm³/mol. The molecule has 5 rings (SSSR count). The van der Waals surface area contributed by atoms with Crippen LogP contribution in [0.25, 0.3) is 11.8 Å². The fourth-order valence-electron chi connectivity index (χ4n) is 4.17. The largest absolute Gasteiger partial charge is 0.349 e. The molecule has 0 atom stereocenters. The minimum atomic E-state index is -0.366. The maximum atomic E-state index is 13.3. The Labute approximate surface area is 199 Å². The summed E-state index contributed by atoms with van der Waals surface area (Å²) >= 11 is 0.894. The fraction of sp³-hybridized carbons (Fsp3) is 0.200. The number of hydrogen-bond acceptors (Lipinski definition) is 5. The van der Waals surface area contributed by atoms with Gasteiger partial charge in [-0.15, -0.1) is 0 Å². The molecule has 2 aromatic carbocycles. The van der Waals surface area contributed by atoms with Gasteiger partial charge in [0.25, 0.3) is 17.1 Å². The number of hydrogen-bond donors (Lipinski definition) is 1. The van der Waals surface area contributed by atoms with Gasteiger partial charge >= 0.3 is 0 Å². The van der Waals surface area contributed by atoms with E-state index in [1.807, 2.05) is 30.3 Å². The highest BCUT2D eigenvalue weighted by Gasteiger charge is 2.35. The van der Waals surface area contributed by atoms with Crippen LogP contribution < -0.4 is 5.32 Å². The molecule has 0 bridgehead atoms. The van der Waals surface area contributed by atoms with Gasteiger partial charge in [-0.1, -0.05) is 30.3 Å². The average molecular weight is 477 g/mol. The molecular formula is C25H21FN4O3S. The summed E-state index contributed by atoms with van der Waals surface area (Å²) in [5.41, 5.74) is 3.70. The molecule has 3 aromatic rings. The van der Waals surface area contributed by atoms with Crippen LogP contribution in [0.2, 0.25) is 0 Å². The summed E-state index contributed by atoms with van der Waals surface area (Å²) in [5.74, 6) is -1.06. The first kappa shape index (κ1) is 22.1. The van der Waals surface area contributed by atoms with Gasteiger partial charge in [-0.3, -0.25) is 19.3 Å². The van der Waals surface area contributed by atoms with Gasteiger partial charge in [-0.25, -0.2) is 9.07 Å². The molecule has 1 N–H and O–H groups in total. The number of thioether (sulfide) groups is 1. The van der Waals surface area contributed by atoms with Gasteiger partial charge in [0.2, 0.25) is 0 Å². The zero-order valence-electron chi connectivity index (χ0n) is 18.2. The molecule has 1 aliphatic heterocycles. The Morgan fingerprint density at radius 1 is 1.09 bits per heavy atom. The molecule has 0 spiro atoms. The normalized spacial score (nSPS) is 16.4. The second-order valence-corrected chi connectivity index (χ2v) is 9.01. The molecule has 1 saturated heterocycles. The van der Waals surface area contributed by atoms with Crippen molar-refractivity contribution in [2.45, 2.75) is 19.3 Å². The van der Waals surface area contributed by atoms with Crippen molar-refractivity contribution in [3.05, 3.63) is 87.8 Å². The number of nitrogens with one attached hydrogen (secondary N) is 1. The molecule has 1 aromatic heterocycles. The van der Waals surface area contributed by atoms with Crippen molar-refractivity contribution >= 4 is 34.9 Å². The van der Waals surface area contributed by atoms with Gasteiger partial charge in [-0.05, 0) is 66.9 Å². The van der Waals surface area contributed by atoms with E-state index in [9.17, 15) is 18.8 Å². The van der Waals surface area contributed by atoms with Gasteiger partial charge < -0.3 is 5.32 Å². The number of imide groups is 1. The molecular weight excluding hydrogens is 455 g/mol. The zero-order chi connectivity index (χ0) is 23.7. The standard InChI is InChI=1S/C25H21FN4O3S/c26-17-9-11-18(12-10-17)30-20-8-4-7-19(20)22(28-30)23(31)27-13-14-29-24(32)21(34-25(29)33)15-16-5-2-1-3-6-16/h1-3,5-6,9-12,15H,4,7-8,13-14H2,(H,27,31)/b21-15-. The lowest BCUT2D eigenvalue weighted by atomic mass is 10.2. The number of benzene rings is 2. The summed E-state index contributed by atoms with van der Waals surface area (Å²) in [5, 5.41) is 6.92. The van der Waals surface area contributed by atoms with E-state index in [2.05, 4.69) is 10.4 Å². The summed E-state index contributed by atoms with van der Waals surface area (Å²) in [6, 6.07) is 15.3. The lowest BCUT2D eigenvalue weighted by Crippen LogP contribution is -2.37. The second kappa shape index (κ2) is 9.26. The van der Waals surface area contributed by atoms with Gasteiger partial charge in [0.1, 0.15) is 5.82 Å². The Morgan fingerprint density at radius 3 is 2.62 bits per heavy atom. The summed E-state index contributed by atoms with van der Waals surface area (Å²) in [6.45, 7) is 0.192. The molecule has 7 nitrogen and oxygen atoms in total. The number of rotatable bonds is 6. The third-order valence-corrected chi connectivity index (χ3v) is 6.72. The van der Waals surface area contributed by atoms with Crippen molar-refractivity contribution in [3.63, 3.8) is 0 Å². The highest BCUT2D eigenvalue weighted by Crippen LogP contribution is 2.32. The second-order valence-electron chi connectivity index (χ2n) is 8.02. The maximum absolute atomic E-state index is 13.3. The van der Waals surface area contributed by atoms with Gasteiger partial charge in [0, 0.05) is 24.3 Å². The Bertz CT molecular complexity index is 1300. The van der Waals surface area contributed by atoms with Crippen molar-refractivity contribution < 1.29 is 18.8 Å². The summed E-state index contributed by atoms with van der Waals surface area (Å²) in [6.07, 6.45) is 4.14. The van der Waals surface area contributed by atoms with E-state index in [1.165, 1.54) is 12.1 Å². The number of amides is 3. The summed E-state index contributed by atoms with van der Waals surface area (Å²) < 4.78 is 15.0. The Morgan fingerprint density at radius 2 is 1.85 bits per heavy atom. The Balaban J connectivity index is 1.25. The van der Waals surface area contributed by atoms with Gasteiger partial charge in [0.05, 0.1) is 10.6 Å². The molecule has 0 radical (unpaired) electrons. The summed E-state index contributed by atoms with van der Waals surface area (Å²) in [4.78, 5) is 39.4. The lowest BCUT2D eigenvalue weighted by molar-refractivity contribution is -0.122. The van der Waals surface area contributed by atoms with Crippen LogP contribution in [0.3, 0.4) is 0 Å². The topological polar surface area (TPSA) is 84.3 Å². The van der Waals surface area contributed by atoms with Gasteiger partial charge in [0.15, 0.2) is 5.69 Å². The first-order valence-corrected chi connectivity index (χ1v) is 11.8. The first-order chi connectivity index (χ1) is 16.5. The third-order valence-electron chi connectivity index (χ3n) is 5.81. The molecule has 3 amide bonds. The molecule has 0 unspecified atom stereocenters. The van der Waals surface area contributed by atoms with E-state index in [0.29, 0.717) is 16.3 Å². The van der Waals surface area contributed by atoms with Crippen LogP contribution in [0.4, 0.5) is 9.18 Å². The first-order valence-electron chi connectivity index (χ1n) is 11.0. The third kappa shape index (κ3) is 4.26. The zero-order valence-corrected chi connectivity index (χ0v) is 19.0. The SMILES string of the molecule is O=C(NCCN1C(=O)S/C(=C\c2ccccc2)C1=O)c1nn(-c2ccc(F)cc2)c2c1CCC2. The van der Waals surface area contributed by atoms with Crippen LogP contribution in [-0.2, 0) is 17.6 Å². The molecule has 2 aliphatic rings.